The molecule has 30 heavy (non-hydrogen) atoms. The first-order valence-corrected chi connectivity index (χ1v) is 9.52. The molecule has 0 bridgehead atoms. The maximum Gasteiger partial charge on any atom is 0.344 e. The number of benzene rings is 3. The molecular formula is C24H22FNO4. The maximum absolute atomic E-state index is 12.9. The van der Waals surface area contributed by atoms with E-state index in [-0.39, 0.29) is 19.0 Å². The Balaban J connectivity index is 1.50. The molecular weight excluding hydrogens is 385 g/mol. The smallest absolute Gasteiger partial charge is 0.344 e. The Morgan fingerprint density at radius 2 is 1.60 bits per heavy atom. The standard InChI is InChI=1S/C24H22FNO4/c1-17(24(28)26-15-18-11-13-20(25)14-12-18)30-23(27)16-29-22-10-6-5-9-21(22)19-7-3-2-4-8-19/h2-14,17H,15-16H2,1H3,(H,26,28). The number of hydrogen-bond donors (Lipinski definition) is 1. The van der Waals surface area contributed by atoms with Gasteiger partial charge >= 0.3 is 5.97 Å². The molecule has 0 aromatic heterocycles. The molecule has 0 aliphatic heterocycles. The molecule has 0 aliphatic carbocycles. The van der Waals surface area contributed by atoms with E-state index in [0.717, 1.165) is 16.7 Å². The van der Waals surface area contributed by atoms with E-state index < -0.39 is 18.0 Å². The van der Waals surface area contributed by atoms with Gasteiger partial charge in [0.25, 0.3) is 5.91 Å². The first-order chi connectivity index (χ1) is 14.5. The van der Waals surface area contributed by atoms with Crippen molar-refractivity contribution in [3.8, 4) is 16.9 Å². The fourth-order valence-corrected chi connectivity index (χ4v) is 2.81. The summed E-state index contributed by atoms with van der Waals surface area (Å²) in [5, 5.41) is 2.65. The lowest BCUT2D eigenvalue weighted by Crippen LogP contribution is -2.36. The minimum absolute atomic E-state index is 0.210. The van der Waals surface area contributed by atoms with Gasteiger partial charge in [0.15, 0.2) is 12.7 Å². The van der Waals surface area contributed by atoms with Crippen molar-refractivity contribution < 1.29 is 23.5 Å². The highest BCUT2D eigenvalue weighted by atomic mass is 19.1. The summed E-state index contributed by atoms with van der Waals surface area (Å²) < 4.78 is 23.7. The van der Waals surface area contributed by atoms with E-state index in [2.05, 4.69) is 5.32 Å². The molecule has 0 aliphatic rings. The van der Waals surface area contributed by atoms with Crippen LogP contribution >= 0.6 is 0 Å². The Bertz CT molecular complexity index is 990. The monoisotopic (exact) mass is 407 g/mol. The van der Waals surface area contributed by atoms with Gasteiger partial charge in [0.05, 0.1) is 0 Å². The molecule has 1 atom stereocenters. The van der Waals surface area contributed by atoms with E-state index in [1.165, 1.54) is 19.1 Å². The molecule has 0 saturated carbocycles. The van der Waals surface area contributed by atoms with Crippen molar-refractivity contribution in [1.82, 2.24) is 5.32 Å². The van der Waals surface area contributed by atoms with Crippen molar-refractivity contribution >= 4 is 11.9 Å². The molecule has 6 heteroatoms. The topological polar surface area (TPSA) is 64.6 Å². The van der Waals surface area contributed by atoms with E-state index in [1.807, 2.05) is 48.5 Å². The molecule has 1 amide bonds. The van der Waals surface area contributed by atoms with Crippen LogP contribution < -0.4 is 10.1 Å². The summed E-state index contributed by atoms with van der Waals surface area (Å²) in [6.45, 7) is 1.37. The largest absolute Gasteiger partial charge is 0.481 e. The van der Waals surface area contributed by atoms with Crippen molar-refractivity contribution in [2.24, 2.45) is 0 Å². The molecule has 0 heterocycles. The van der Waals surface area contributed by atoms with Gasteiger partial charge in [-0.15, -0.1) is 0 Å². The van der Waals surface area contributed by atoms with E-state index in [4.69, 9.17) is 9.47 Å². The predicted molar refractivity (Wildman–Crippen MR) is 111 cm³/mol. The predicted octanol–water partition coefficient (Wildman–Crippen LogP) is 4.12. The third kappa shape index (κ3) is 5.91. The maximum atomic E-state index is 12.9. The first-order valence-electron chi connectivity index (χ1n) is 9.52. The fraction of sp³-hybridized carbons (Fsp3) is 0.167. The normalized spacial score (nSPS) is 11.4. The lowest BCUT2D eigenvalue weighted by atomic mass is 10.1. The zero-order chi connectivity index (χ0) is 21.3. The van der Waals surface area contributed by atoms with Gasteiger partial charge in [-0.2, -0.15) is 0 Å². The molecule has 1 unspecified atom stereocenters. The lowest BCUT2D eigenvalue weighted by molar-refractivity contribution is -0.156. The lowest BCUT2D eigenvalue weighted by Gasteiger charge is -2.15. The minimum atomic E-state index is -0.981. The van der Waals surface area contributed by atoms with E-state index in [1.54, 1.807) is 18.2 Å². The Hall–Kier alpha value is -3.67. The first kappa shape index (κ1) is 21.0. The van der Waals surface area contributed by atoms with Crippen LogP contribution in [0.15, 0.2) is 78.9 Å². The van der Waals surface area contributed by atoms with Gasteiger partial charge in [-0.3, -0.25) is 4.79 Å². The van der Waals surface area contributed by atoms with E-state index >= 15 is 0 Å². The molecule has 1 N–H and O–H groups in total. The number of carbonyl (C=O) groups is 2. The van der Waals surface area contributed by atoms with Crippen molar-refractivity contribution in [2.75, 3.05) is 6.61 Å². The van der Waals surface area contributed by atoms with Crippen LogP contribution in [0.1, 0.15) is 12.5 Å². The number of ether oxygens (including phenoxy) is 2. The van der Waals surface area contributed by atoms with Gasteiger partial charge in [0, 0.05) is 12.1 Å². The summed E-state index contributed by atoms with van der Waals surface area (Å²) >= 11 is 0. The Kier molecular flexibility index (Phi) is 7.16. The van der Waals surface area contributed by atoms with Crippen LogP contribution in [0.4, 0.5) is 4.39 Å². The highest BCUT2D eigenvalue weighted by molar-refractivity contribution is 5.83. The molecule has 154 valence electrons. The number of nitrogens with one attached hydrogen (secondary N) is 1. The summed E-state index contributed by atoms with van der Waals surface area (Å²) in [6, 6.07) is 22.8. The van der Waals surface area contributed by atoms with Crippen LogP contribution in [-0.2, 0) is 20.9 Å². The number of halogens is 1. The Morgan fingerprint density at radius 1 is 0.933 bits per heavy atom. The third-order valence-corrected chi connectivity index (χ3v) is 4.37. The molecule has 0 radical (unpaired) electrons. The highest BCUT2D eigenvalue weighted by Crippen LogP contribution is 2.29. The zero-order valence-electron chi connectivity index (χ0n) is 16.5. The van der Waals surface area contributed by atoms with Crippen LogP contribution in [0.2, 0.25) is 0 Å². The van der Waals surface area contributed by atoms with Crippen LogP contribution in [0.5, 0.6) is 5.75 Å². The van der Waals surface area contributed by atoms with Crippen LogP contribution in [0.25, 0.3) is 11.1 Å². The minimum Gasteiger partial charge on any atom is -0.481 e. The summed E-state index contributed by atoms with van der Waals surface area (Å²) in [5.74, 6) is -0.894. The Morgan fingerprint density at radius 3 is 2.33 bits per heavy atom. The summed E-state index contributed by atoms with van der Waals surface area (Å²) in [4.78, 5) is 24.3. The van der Waals surface area contributed by atoms with Gasteiger partial charge in [-0.25, -0.2) is 9.18 Å². The number of esters is 1. The summed E-state index contributed by atoms with van der Waals surface area (Å²) in [7, 11) is 0. The molecule has 0 fully saturated rings. The number of carbonyl (C=O) groups excluding carboxylic acids is 2. The average Bonchev–Trinajstić information content (AvgIpc) is 2.78. The van der Waals surface area contributed by atoms with Crippen molar-refractivity contribution in [3.05, 3.63) is 90.2 Å². The van der Waals surface area contributed by atoms with Crippen molar-refractivity contribution in [2.45, 2.75) is 19.6 Å². The van der Waals surface area contributed by atoms with Crippen molar-refractivity contribution in [1.29, 1.82) is 0 Å². The van der Waals surface area contributed by atoms with Gasteiger partial charge in [-0.05, 0) is 36.2 Å². The summed E-state index contributed by atoms with van der Waals surface area (Å²) in [5.41, 5.74) is 2.56. The van der Waals surface area contributed by atoms with Gasteiger partial charge in [-0.1, -0.05) is 60.7 Å². The molecule has 3 rings (SSSR count). The third-order valence-electron chi connectivity index (χ3n) is 4.37. The number of hydrogen-bond acceptors (Lipinski definition) is 4. The average molecular weight is 407 g/mol. The fourth-order valence-electron chi connectivity index (χ4n) is 2.81. The molecule has 0 spiro atoms. The molecule has 3 aromatic rings. The number of rotatable bonds is 8. The van der Waals surface area contributed by atoms with E-state index in [9.17, 15) is 14.0 Å². The second kappa shape index (κ2) is 10.2. The van der Waals surface area contributed by atoms with Crippen LogP contribution in [0.3, 0.4) is 0 Å². The molecule has 5 nitrogen and oxygen atoms in total. The van der Waals surface area contributed by atoms with Gasteiger partial charge in [0.1, 0.15) is 11.6 Å². The molecule has 0 saturated heterocycles. The Labute approximate surface area is 174 Å². The van der Waals surface area contributed by atoms with Crippen molar-refractivity contribution in [3.63, 3.8) is 0 Å². The van der Waals surface area contributed by atoms with E-state index in [0.29, 0.717) is 5.75 Å². The van der Waals surface area contributed by atoms with Gasteiger partial charge in [0.2, 0.25) is 0 Å². The zero-order valence-corrected chi connectivity index (χ0v) is 16.5. The second-order valence-corrected chi connectivity index (χ2v) is 6.63. The SMILES string of the molecule is CC(OC(=O)COc1ccccc1-c1ccccc1)C(=O)NCc1ccc(F)cc1. The number of amides is 1. The quantitative estimate of drug-likeness (QED) is 0.571. The summed E-state index contributed by atoms with van der Waals surface area (Å²) in [6.07, 6.45) is -0.981. The second-order valence-electron chi connectivity index (χ2n) is 6.63. The van der Waals surface area contributed by atoms with Gasteiger partial charge < -0.3 is 14.8 Å². The number of para-hydroxylation sites is 1. The van der Waals surface area contributed by atoms with Crippen LogP contribution in [-0.4, -0.2) is 24.6 Å². The molecule has 3 aromatic carbocycles. The van der Waals surface area contributed by atoms with Crippen LogP contribution in [0, 0.1) is 5.82 Å². The highest BCUT2D eigenvalue weighted by Gasteiger charge is 2.18.